The molecule has 0 bridgehead atoms. The molecule has 0 N–H and O–H groups in total. The quantitative estimate of drug-likeness (QED) is 0.768. The zero-order chi connectivity index (χ0) is 14.2. The third-order valence-electron chi connectivity index (χ3n) is 3.58. The third kappa shape index (κ3) is 4.94. The molecule has 112 valence electrons. The van der Waals surface area contributed by atoms with Crippen molar-refractivity contribution in [2.75, 3.05) is 59.6 Å². The molecular formula is C15H23ClN2O2. The SMILES string of the molecule is COCCN1CCN(CCOc2ccccc2Cl)CC1. The molecule has 1 aromatic carbocycles. The van der Waals surface area contributed by atoms with Crippen molar-refractivity contribution in [1.82, 2.24) is 9.80 Å². The number of para-hydroxylation sites is 1. The highest BCUT2D eigenvalue weighted by Crippen LogP contribution is 2.22. The normalized spacial score (nSPS) is 17.3. The molecule has 1 heterocycles. The van der Waals surface area contributed by atoms with Crippen LogP contribution in [0.25, 0.3) is 0 Å². The van der Waals surface area contributed by atoms with Gasteiger partial charge in [0.2, 0.25) is 0 Å². The smallest absolute Gasteiger partial charge is 0.137 e. The zero-order valence-corrected chi connectivity index (χ0v) is 12.8. The molecule has 2 rings (SSSR count). The summed E-state index contributed by atoms with van der Waals surface area (Å²) in [6.45, 7) is 7.87. The third-order valence-corrected chi connectivity index (χ3v) is 3.89. The fourth-order valence-electron chi connectivity index (χ4n) is 2.30. The van der Waals surface area contributed by atoms with Crippen LogP contribution < -0.4 is 4.74 Å². The fraction of sp³-hybridized carbons (Fsp3) is 0.600. The maximum atomic E-state index is 6.06. The lowest BCUT2D eigenvalue weighted by Gasteiger charge is -2.34. The highest BCUT2D eigenvalue weighted by Gasteiger charge is 2.16. The van der Waals surface area contributed by atoms with Crippen LogP contribution in [0.3, 0.4) is 0 Å². The molecule has 0 aromatic heterocycles. The average molecular weight is 299 g/mol. The Hall–Kier alpha value is -0.810. The number of halogens is 1. The molecule has 1 aliphatic rings. The van der Waals surface area contributed by atoms with E-state index in [0.717, 1.165) is 51.6 Å². The molecule has 0 radical (unpaired) electrons. The highest BCUT2D eigenvalue weighted by molar-refractivity contribution is 6.32. The second kappa shape index (κ2) is 8.47. The van der Waals surface area contributed by atoms with Crippen molar-refractivity contribution in [3.05, 3.63) is 29.3 Å². The van der Waals surface area contributed by atoms with Gasteiger partial charge in [-0.3, -0.25) is 9.80 Å². The molecule has 0 unspecified atom stereocenters. The van der Waals surface area contributed by atoms with E-state index in [1.807, 2.05) is 24.3 Å². The number of benzene rings is 1. The van der Waals surface area contributed by atoms with Crippen molar-refractivity contribution in [3.8, 4) is 5.75 Å². The summed E-state index contributed by atoms with van der Waals surface area (Å²) in [5, 5.41) is 0.678. The Morgan fingerprint density at radius 1 is 1.00 bits per heavy atom. The van der Waals surface area contributed by atoms with Crippen LogP contribution in [0.5, 0.6) is 5.75 Å². The first-order chi connectivity index (χ1) is 9.79. The first-order valence-electron chi connectivity index (χ1n) is 7.10. The summed E-state index contributed by atoms with van der Waals surface area (Å²) in [4.78, 5) is 4.87. The molecule has 1 aliphatic heterocycles. The summed E-state index contributed by atoms with van der Waals surface area (Å²) in [5.41, 5.74) is 0. The van der Waals surface area contributed by atoms with Gasteiger partial charge in [-0.1, -0.05) is 23.7 Å². The maximum absolute atomic E-state index is 6.06. The summed E-state index contributed by atoms with van der Waals surface area (Å²) in [5.74, 6) is 0.771. The monoisotopic (exact) mass is 298 g/mol. The molecule has 5 heteroatoms. The van der Waals surface area contributed by atoms with Gasteiger partial charge in [-0.15, -0.1) is 0 Å². The van der Waals surface area contributed by atoms with Crippen LogP contribution in [0.2, 0.25) is 5.02 Å². The predicted octanol–water partition coefficient (Wildman–Crippen LogP) is 1.98. The number of piperazine rings is 1. The lowest BCUT2D eigenvalue weighted by Crippen LogP contribution is -2.48. The number of hydrogen-bond acceptors (Lipinski definition) is 4. The Morgan fingerprint density at radius 2 is 1.60 bits per heavy atom. The van der Waals surface area contributed by atoms with E-state index in [9.17, 15) is 0 Å². The summed E-state index contributed by atoms with van der Waals surface area (Å²) in [6.07, 6.45) is 0. The van der Waals surface area contributed by atoms with E-state index in [2.05, 4.69) is 9.80 Å². The van der Waals surface area contributed by atoms with E-state index >= 15 is 0 Å². The molecule has 0 amide bonds. The second-order valence-electron chi connectivity index (χ2n) is 4.95. The van der Waals surface area contributed by atoms with Gasteiger partial charge in [0.05, 0.1) is 11.6 Å². The average Bonchev–Trinajstić information content (AvgIpc) is 2.48. The Balaban J connectivity index is 1.63. The fourth-order valence-corrected chi connectivity index (χ4v) is 2.49. The molecule has 0 atom stereocenters. The van der Waals surface area contributed by atoms with E-state index in [1.165, 1.54) is 0 Å². The van der Waals surface area contributed by atoms with Crippen molar-refractivity contribution < 1.29 is 9.47 Å². The van der Waals surface area contributed by atoms with Crippen LogP contribution in [0.4, 0.5) is 0 Å². The van der Waals surface area contributed by atoms with Crippen LogP contribution in [0, 0.1) is 0 Å². The van der Waals surface area contributed by atoms with Crippen molar-refractivity contribution >= 4 is 11.6 Å². The lowest BCUT2D eigenvalue weighted by molar-refractivity contribution is 0.0894. The van der Waals surface area contributed by atoms with Crippen LogP contribution in [0.1, 0.15) is 0 Å². The minimum Gasteiger partial charge on any atom is -0.491 e. The van der Waals surface area contributed by atoms with Crippen molar-refractivity contribution in [2.24, 2.45) is 0 Å². The van der Waals surface area contributed by atoms with Gasteiger partial charge in [0, 0.05) is 46.4 Å². The van der Waals surface area contributed by atoms with Gasteiger partial charge in [-0.2, -0.15) is 0 Å². The topological polar surface area (TPSA) is 24.9 Å². The number of rotatable bonds is 7. The Bertz CT molecular complexity index is 395. The number of ether oxygens (including phenoxy) is 2. The molecular weight excluding hydrogens is 276 g/mol. The van der Waals surface area contributed by atoms with Crippen LogP contribution in [0.15, 0.2) is 24.3 Å². The Kier molecular flexibility index (Phi) is 6.60. The van der Waals surface area contributed by atoms with Crippen LogP contribution in [-0.4, -0.2) is 69.4 Å². The molecule has 1 saturated heterocycles. The summed E-state index contributed by atoms with van der Waals surface area (Å²) < 4.78 is 10.8. The lowest BCUT2D eigenvalue weighted by atomic mass is 10.3. The van der Waals surface area contributed by atoms with E-state index < -0.39 is 0 Å². The number of hydrogen-bond donors (Lipinski definition) is 0. The van der Waals surface area contributed by atoms with Gasteiger partial charge in [0.1, 0.15) is 12.4 Å². The van der Waals surface area contributed by atoms with Gasteiger partial charge >= 0.3 is 0 Å². The van der Waals surface area contributed by atoms with E-state index in [0.29, 0.717) is 11.6 Å². The Morgan fingerprint density at radius 3 is 2.20 bits per heavy atom. The van der Waals surface area contributed by atoms with E-state index in [-0.39, 0.29) is 0 Å². The zero-order valence-electron chi connectivity index (χ0n) is 12.1. The van der Waals surface area contributed by atoms with Gasteiger partial charge in [0.25, 0.3) is 0 Å². The van der Waals surface area contributed by atoms with Gasteiger partial charge in [-0.05, 0) is 12.1 Å². The van der Waals surface area contributed by atoms with Gasteiger partial charge < -0.3 is 9.47 Å². The van der Waals surface area contributed by atoms with Crippen molar-refractivity contribution in [1.29, 1.82) is 0 Å². The van der Waals surface area contributed by atoms with Crippen molar-refractivity contribution in [2.45, 2.75) is 0 Å². The Labute approximate surface area is 126 Å². The molecule has 0 spiro atoms. The minimum absolute atomic E-state index is 0.678. The van der Waals surface area contributed by atoms with Crippen LogP contribution in [-0.2, 0) is 4.74 Å². The van der Waals surface area contributed by atoms with Crippen molar-refractivity contribution in [3.63, 3.8) is 0 Å². The molecule has 0 saturated carbocycles. The number of methoxy groups -OCH3 is 1. The molecule has 0 aliphatic carbocycles. The highest BCUT2D eigenvalue weighted by atomic mass is 35.5. The van der Waals surface area contributed by atoms with E-state index in [4.69, 9.17) is 21.1 Å². The summed E-state index contributed by atoms with van der Waals surface area (Å²) >= 11 is 6.06. The molecule has 20 heavy (non-hydrogen) atoms. The maximum Gasteiger partial charge on any atom is 0.137 e. The van der Waals surface area contributed by atoms with E-state index in [1.54, 1.807) is 7.11 Å². The molecule has 1 aromatic rings. The largest absolute Gasteiger partial charge is 0.491 e. The first-order valence-corrected chi connectivity index (χ1v) is 7.48. The summed E-state index contributed by atoms with van der Waals surface area (Å²) in [7, 11) is 1.75. The van der Waals surface area contributed by atoms with Gasteiger partial charge in [0.15, 0.2) is 0 Å². The second-order valence-corrected chi connectivity index (χ2v) is 5.36. The van der Waals surface area contributed by atoms with Gasteiger partial charge in [-0.25, -0.2) is 0 Å². The minimum atomic E-state index is 0.678. The predicted molar refractivity (Wildman–Crippen MR) is 81.7 cm³/mol. The first kappa shape index (κ1) is 15.6. The molecule has 4 nitrogen and oxygen atoms in total. The standard InChI is InChI=1S/C15H23ClN2O2/c1-19-12-10-17-6-8-18(9-7-17)11-13-20-15-5-3-2-4-14(15)16/h2-5H,6-13H2,1H3. The number of nitrogens with zero attached hydrogens (tertiary/aromatic N) is 2. The summed E-state index contributed by atoms with van der Waals surface area (Å²) in [6, 6.07) is 7.61. The molecule has 1 fully saturated rings. The van der Waals surface area contributed by atoms with Crippen LogP contribution >= 0.6 is 11.6 Å².